The SMILES string of the molecule is Cc1cccc(-c2cc(C(=O)[C@@H](Cc3ccccc3)C(=O)N3C(=O)O[C@H](c4ccccc4)[C@@H]3C)oc2CCCCCCO)c1. The second-order valence-electron chi connectivity index (χ2n) is 11.5. The average Bonchev–Trinajstić information content (AvgIpc) is 3.60. The minimum Gasteiger partial charge on any atom is -0.457 e. The first-order chi connectivity index (χ1) is 21.4. The van der Waals surface area contributed by atoms with Gasteiger partial charge in [0.05, 0.1) is 6.04 Å². The summed E-state index contributed by atoms with van der Waals surface area (Å²) in [7, 11) is 0. The Kier molecular flexibility index (Phi) is 10.1. The third-order valence-electron chi connectivity index (χ3n) is 8.23. The number of furan rings is 1. The summed E-state index contributed by atoms with van der Waals surface area (Å²) in [6.07, 6.45) is 2.76. The zero-order valence-electron chi connectivity index (χ0n) is 25.3. The Morgan fingerprint density at radius 3 is 2.30 bits per heavy atom. The van der Waals surface area contributed by atoms with Gasteiger partial charge in [-0.05, 0) is 55.9 Å². The van der Waals surface area contributed by atoms with Crippen LogP contribution >= 0.6 is 0 Å². The van der Waals surface area contributed by atoms with E-state index < -0.39 is 35.8 Å². The smallest absolute Gasteiger partial charge is 0.417 e. The quantitative estimate of drug-likeness (QED) is 0.0980. The third-order valence-corrected chi connectivity index (χ3v) is 8.23. The standard InChI is InChI=1S/C37H39NO6/c1-25-14-13-19-29(22-25)30-24-33(43-32(30)20-11-3-4-12-21-39)34(40)31(23-27-15-7-5-8-16-27)36(41)38-26(2)35(44-37(38)42)28-17-9-6-10-18-28/h5-10,13-19,22,24,26,31,35,39H,3-4,11-12,20-21,23H2,1-2H3/t26-,31+,35-/m0/s1. The van der Waals surface area contributed by atoms with Crippen molar-refractivity contribution in [3.05, 3.63) is 119 Å². The van der Waals surface area contributed by atoms with E-state index in [2.05, 4.69) is 0 Å². The van der Waals surface area contributed by atoms with Crippen LogP contribution in [0.1, 0.15) is 71.7 Å². The molecule has 1 N–H and O–H groups in total. The van der Waals surface area contributed by atoms with Crippen molar-refractivity contribution in [2.24, 2.45) is 5.92 Å². The third kappa shape index (κ3) is 7.00. The molecule has 2 amide bonds. The van der Waals surface area contributed by atoms with Crippen LogP contribution in [-0.4, -0.2) is 40.4 Å². The van der Waals surface area contributed by atoms with Crippen molar-refractivity contribution in [1.82, 2.24) is 4.90 Å². The van der Waals surface area contributed by atoms with E-state index in [0.717, 1.165) is 58.4 Å². The largest absolute Gasteiger partial charge is 0.457 e. The maximum atomic E-state index is 14.3. The Morgan fingerprint density at radius 1 is 0.886 bits per heavy atom. The molecule has 5 rings (SSSR count). The Morgan fingerprint density at radius 2 is 1.59 bits per heavy atom. The molecular weight excluding hydrogens is 554 g/mol. The van der Waals surface area contributed by atoms with Gasteiger partial charge in [0.2, 0.25) is 11.7 Å². The molecule has 4 aromatic rings. The number of rotatable bonds is 13. The maximum absolute atomic E-state index is 14.3. The van der Waals surface area contributed by atoms with E-state index in [1.165, 1.54) is 0 Å². The number of hydrogen-bond donors (Lipinski definition) is 1. The molecule has 0 saturated carbocycles. The van der Waals surface area contributed by atoms with Gasteiger partial charge < -0.3 is 14.3 Å². The summed E-state index contributed by atoms with van der Waals surface area (Å²) < 4.78 is 11.9. The van der Waals surface area contributed by atoms with Crippen LogP contribution in [0.25, 0.3) is 11.1 Å². The number of ether oxygens (including phenoxy) is 1. The predicted molar refractivity (Wildman–Crippen MR) is 168 cm³/mol. The predicted octanol–water partition coefficient (Wildman–Crippen LogP) is 7.50. The first kappa shape index (κ1) is 31.0. The Hall–Kier alpha value is -4.49. The number of aliphatic hydroxyl groups is 1. The van der Waals surface area contributed by atoms with Crippen LogP contribution in [0.4, 0.5) is 4.79 Å². The zero-order chi connectivity index (χ0) is 31.1. The fourth-order valence-electron chi connectivity index (χ4n) is 5.87. The molecule has 1 aliphatic heterocycles. The Balaban J connectivity index is 1.47. The lowest BCUT2D eigenvalue weighted by Crippen LogP contribution is -2.44. The summed E-state index contributed by atoms with van der Waals surface area (Å²) in [5.74, 6) is -1.47. The number of amides is 2. The number of unbranched alkanes of at least 4 members (excludes halogenated alkanes) is 3. The minimum atomic E-state index is -1.18. The fourth-order valence-corrected chi connectivity index (χ4v) is 5.87. The maximum Gasteiger partial charge on any atom is 0.417 e. The van der Waals surface area contributed by atoms with E-state index >= 15 is 0 Å². The number of Topliss-reactive ketones (excluding diaryl/α,β-unsaturated/α-hetero) is 1. The van der Waals surface area contributed by atoms with Crippen molar-refractivity contribution in [2.45, 2.75) is 64.5 Å². The Labute approximate surface area is 258 Å². The monoisotopic (exact) mass is 593 g/mol. The van der Waals surface area contributed by atoms with Gasteiger partial charge in [-0.25, -0.2) is 9.69 Å². The van der Waals surface area contributed by atoms with Gasteiger partial charge in [-0.1, -0.05) is 103 Å². The number of benzene rings is 3. The van der Waals surface area contributed by atoms with Crippen molar-refractivity contribution >= 4 is 17.8 Å². The van der Waals surface area contributed by atoms with E-state index in [4.69, 9.17) is 14.3 Å². The number of imide groups is 1. The highest BCUT2D eigenvalue weighted by molar-refractivity contribution is 6.12. The summed E-state index contributed by atoms with van der Waals surface area (Å²) in [6.45, 7) is 3.94. The highest BCUT2D eigenvalue weighted by Crippen LogP contribution is 2.35. The van der Waals surface area contributed by atoms with Gasteiger partial charge in [0.25, 0.3) is 0 Å². The number of nitrogens with zero attached hydrogens (tertiary/aromatic N) is 1. The molecule has 0 radical (unpaired) electrons. The second kappa shape index (κ2) is 14.3. The molecule has 0 bridgehead atoms. The van der Waals surface area contributed by atoms with Crippen LogP contribution in [0.2, 0.25) is 0 Å². The topological polar surface area (TPSA) is 97.1 Å². The van der Waals surface area contributed by atoms with Crippen molar-refractivity contribution in [2.75, 3.05) is 6.61 Å². The minimum absolute atomic E-state index is 0.0981. The zero-order valence-corrected chi connectivity index (χ0v) is 25.3. The molecular formula is C37H39NO6. The molecule has 3 atom stereocenters. The number of aliphatic hydroxyl groups excluding tert-OH is 1. The fraction of sp³-hybridized carbons (Fsp3) is 0.324. The molecule has 1 saturated heterocycles. The number of ketones is 1. The molecule has 1 fully saturated rings. The van der Waals surface area contributed by atoms with Crippen LogP contribution in [0.3, 0.4) is 0 Å². The van der Waals surface area contributed by atoms with E-state index in [1.54, 1.807) is 13.0 Å². The molecule has 1 aromatic heterocycles. The number of cyclic esters (lactones) is 1. The molecule has 7 nitrogen and oxygen atoms in total. The van der Waals surface area contributed by atoms with E-state index in [9.17, 15) is 14.4 Å². The molecule has 44 heavy (non-hydrogen) atoms. The van der Waals surface area contributed by atoms with Crippen molar-refractivity contribution in [1.29, 1.82) is 0 Å². The number of carbonyl (C=O) groups is 3. The normalized spacial score (nSPS) is 17.0. The molecule has 7 heteroatoms. The Bertz CT molecular complexity index is 1580. The van der Waals surface area contributed by atoms with Gasteiger partial charge in [-0.2, -0.15) is 0 Å². The van der Waals surface area contributed by atoms with Gasteiger partial charge in [-0.3, -0.25) is 9.59 Å². The molecule has 2 heterocycles. The lowest BCUT2D eigenvalue weighted by molar-refractivity contribution is -0.131. The van der Waals surface area contributed by atoms with Crippen LogP contribution in [0.5, 0.6) is 0 Å². The molecule has 0 unspecified atom stereocenters. The number of hydrogen-bond acceptors (Lipinski definition) is 6. The van der Waals surface area contributed by atoms with Gasteiger partial charge in [0.1, 0.15) is 17.8 Å². The van der Waals surface area contributed by atoms with Crippen molar-refractivity contribution in [3.63, 3.8) is 0 Å². The molecule has 3 aromatic carbocycles. The van der Waals surface area contributed by atoms with Gasteiger partial charge in [-0.15, -0.1) is 0 Å². The lowest BCUT2D eigenvalue weighted by atomic mass is 9.91. The van der Waals surface area contributed by atoms with Crippen LogP contribution in [0, 0.1) is 12.8 Å². The lowest BCUT2D eigenvalue weighted by Gasteiger charge is -2.23. The average molecular weight is 594 g/mol. The van der Waals surface area contributed by atoms with E-state index in [-0.39, 0.29) is 18.8 Å². The van der Waals surface area contributed by atoms with Crippen molar-refractivity contribution in [3.8, 4) is 11.1 Å². The summed E-state index contributed by atoms with van der Waals surface area (Å²) in [6, 6.07) is 27.8. The van der Waals surface area contributed by atoms with Crippen LogP contribution in [0.15, 0.2) is 95.4 Å². The van der Waals surface area contributed by atoms with E-state index in [0.29, 0.717) is 12.2 Å². The summed E-state index contributed by atoms with van der Waals surface area (Å²) in [5, 5.41) is 9.14. The number of carbonyl (C=O) groups excluding carboxylic acids is 3. The second-order valence-corrected chi connectivity index (χ2v) is 11.5. The highest BCUT2D eigenvalue weighted by atomic mass is 16.6. The van der Waals surface area contributed by atoms with Gasteiger partial charge in [0.15, 0.2) is 5.76 Å². The molecule has 228 valence electrons. The number of aryl methyl sites for hydroxylation is 2. The van der Waals surface area contributed by atoms with Gasteiger partial charge in [0, 0.05) is 18.6 Å². The van der Waals surface area contributed by atoms with Gasteiger partial charge >= 0.3 is 6.09 Å². The first-order valence-corrected chi connectivity index (χ1v) is 15.3. The van der Waals surface area contributed by atoms with Crippen LogP contribution in [-0.2, 0) is 22.4 Å². The summed E-state index contributed by atoms with van der Waals surface area (Å²) in [5.41, 5.74) is 4.42. The van der Waals surface area contributed by atoms with Crippen LogP contribution < -0.4 is 0 Å². The molecule has 0 aliphatic carbocycles. The molecule has 1 aliphatic rings. The summed E-state index contributed by atoms with van der Waals surface area (Å²) in [4.78, 5) is 42.7. The van der Waals surface area contributed by atoms with Crippen molar-refractivity contribution < 1.29 is 28.6 Å². The van der Waals surface area contributed by atoms with E-state index in [1.807, 2.05) is 91.9 Å². The highest BCUT2D eigenvalue weighted by Gasteiger charge is 2.47. The molecule has 0 spiro atoms. The first-order valence-electron chi connectivity index (χ1n) is 15.3. The summed E-state index contributed by atoms with van der Waals surface area (Å²) >= 11 is 0.